The predicted octanol–water partition coefficient (Wildman–Crippen LogP) is 2.52. The molecule has 1 saturated heterocycles. The first-order valence-electron chi connectivity index (χ1n) is 9.75. The topological polar surface area (TPSA) is 76.8 Å². The summed E-state index contributed by atoms with van der Waals surface area (Å²) in [5, 5.41) is 3.00. The molecule has 1 amide bonds. The summed E-state index contributed by atoms with van der Waals surface area (Å²) in [7, 11) is 0. The number of morpholine rings is 1. The van der Waals surface area contributed by atoms with E-state index in [0.717, 1.165) is 69.8 Å². The third-order valence-electron chi connectivity index (χ3n) is 5.33. The molecule has 1 aliphatic heterocycles. The number of benzene rings is 1. The Bertz CT molecular complexity index is 592. The van der Waals surface area contributed by atoms with Gasteiger partial charge in [0.15, 0.2) is 0 Å². The summed E-state index contributed by atoms with van der Waals surface area (Å²) in [6, 6.07) is 7.91. The van der Waals surface area contributed by atoms with Crippen LogP contribution < -0.4 is 15.8 Å². The molecule has 2 fully saturated rings. The fourth-order valence-electron chi connectivity index (χ4n) is 3.63. The van der Waals surface area contributed by atoms with Crippen LogP contribution >= 0.6 is 24.8 Å². The van der Waals surface area contributed by atoms with Crippen LogP contribution in [0.2, 0.25) is 0 Å². The van der Waals surface area contributed by atoms with Gasteiger partial charge in [-0.3, -0.25) is 9.69 Å². The minimum atomic E-state index is -0.690. The van der Waals surface area contributed by atoms with Crippen molar-refractivity contribution >= 4 is 30.7 Å². The van der Waals surface area contributed by atoms with Crippen molar-refractivity contribution in [2.45, 2.75) is 44.2 Å². The van der Waals surface area contributed by atoms with Crippen LogP contribution in [-0.2, 0) is 16.1 Å². The van der Waals surface area contributed by atoms with Gasteiger partial charge in [0.2, 0.25) is 5.91 Å². The van der Waals surface area contributed by atoms with E-state index in [2.05, 4.69) is 10.2 Å². The van der Waals surface area contributed by atoms with Crippen molar-refractivity contribution in [3.8, 4) is 5.75 Å². The van der Waals surface area contributed by atoms with Gasteiger partial charge in [0.25, 0.3) is 0 Å². The van der Waals surface area contributed by atoms with E-state index in [4.69, 9.17) is 15.2 Å². The molecule has 1 aliphatic carbocycles. The minimum absolute atomic E-state index is 0. The van der Waals surface area contributed by atoms with E-state index in [1.807, 2.05) is 24.3 Å². The molecule has 0 unspecified atom stereocenters. The highest BCUT2D eigenvalue weighted by Crippen LogP contribution is 2.26. The maximum absolute atomic E-state index is 12.4. The van der Waals surface area contributed by atoms with E-state index < -0.39 is 5.54 Å². The van der Waals surface area contributed by atoms with Gasteiger partial charge in [-0.2, -0.15) is 0 Å². The van der Waals surface area contributed by atoms with E-state index in [-0.39, 0.29) is 30.7 Å². The van der Waals surface area contributed by atoms with Crippen LogP contribution in [0.4, 0.5) is 0 Å². The molecule has 1 heterocycles. The summed E-state index contributed by atoms with van der Waals surface area (Å²) in [5.74, 6) is 0.806. The SMILES string of the molecule is Cl.Cl.NC1(C(=O)NCc2cccc(OCCN3CCOCC3)c2)CCCCC1. The molecule has 6 nitrogen and oxygen atoms in total. The van der Waals surface area contributed by atoms with Crippen LogP contribution in [0.5, 0.6) is 5.75 Å². The van der Waals surface area contributed by atoms with Gasteiger partial charge in [0.1, 0.15) is 12.4 Å². The number of amides is 1. The van der Waals surface area contributed by atoms with Crippen molar-refractivity contribution in [2.24, 2.45) is 5.73 Å². The Morgan fingerprint density at radius 1 is 1.18 bits per heavy atom. The maximum Gasteiger partial charge on any atom is 0.240 e. The second-order valence-corrected chi connectivity index (χ2v) is 7.35. The Balaban J connectivity index is 0.00000196. The Morgan fingerprint density at radius 2 is 1.89 bits per heavy atom. The third-order valence-corrected chi connectivity index (χ3v) is 5.33. The lowest BCUT2D eigenvalue weighted by molar-refractivity contribution is -0.127. The average molecular weight is 434 g/mol. The second-order valence-electron chi connectivity index (χ2n) is 7.35. The highest BCUT2D eigenvalue weighted by molar-refractivity contribution is 5.86. The van der Waals surface area contributed by atoms with Crippen LogP contribution in [-0.4, -0.2) is 55.8 Å². The number of rotatable bonds is 7. The predicted molar refractivity (Wildman–Crippen MR) is 116 cm³/mol. The first-order valence-corrected chi connectivity index (χ1v) is 9.75. The zero-order valence-corrected chi connectivity index (χ0v) is 18.0. The summed E-state index contributed by atoms with van der Waals surface area (Å²) in [4.78, 5) is 14.8. The maximum atomic E-state index is 12.4. The summed E-state index contributed by atoms with van der Waals surface area (Å²) in [6.45, 7) is 5.59. The molecular weight excluding hydrogens is 401 g/mol. The molecule has 0 radical (unpaired) electrons. The lowest BCUT2D eigenvalue weighted by Crippen LogP contribution is -2.54. The molecule has 3 rings (SSSR count). The summed E-state index contributed by atoms with van der Waals surface area (Å²) in [5.41, 5.74) is 6.62. The number of hydrogen-bond donors (Lipinski definition) is 2. The number of hydrogen-bond acceptors (Lipinski definition) is 5. The second kappa shape index (κ2) is 12.5. The molecule has 1 saturated carbocycles. The van der Waals surface area contributed by atoms with Gasteiger partial charge >= 0.3 is 0 Å². The van der Waals surface area contributed by atoms with Gasteiger partial charge in [-0.05, 0) is 30.5 Å². The van der Waals surface area contributed by atoms with Crippen LogP contribution in [0.25, 0.3) is 0 Å². The monoisotopic (exact) mass is 433 g/mol. The highest BCUT2D eigenvalue weighted by atomic mass is 35.5. The quantitative estimate of drug-likeness (QED) is 0.690. The first kappa shape index (κ1) is 25.0. The van der Waals surface area contributed by atoms with Crippen LogP contribution in [0.3, 0.4) is 0 Å². The van der Waals surface area contributed by atoms with Gasteiger partial charge < -0.3 is 20.5 Å². The lowest BCUT2D eigenvalue weighted by atomic mass is 9.82. The highest BCUT2D eigenvalue weighted by Gasteiger charge is 2.34. The number of ether oxygens (including phenoxy) is 2. The van der Waals surface area contributed by atoms with Crippen molar-refractivity contribution in [1.29, 1.82) is 0 Å². The van der Waals surface area contributed by atoms with E-state index in [1.165, 1.54) is 6.42 Å². The van der Waals surface area contributed by atoms with Gasteiger partial charge in [0.05, 0.1) is 18.8 Å². The van der Waals surface area contributed by atoms with Gasteiger partial charge in [-0.15, -0.1) is 24.8 Å². The van der Waals surface area contributed by atoms with E-state index in [1.54, 1.807) is 0 Å². The zero-order valence-electron chi connectivity index (χ0n) is 16.4. The third kappa shape index (κ3) is 7.41. The Labute approximate surface area is 180 Å². The molecule has 0 bridgehead atoms. The van der Waals surface area contributed by atoms with E-state index >= 15 is 0 Å². The molecule has 0 spiro atoms. The van der Waals surface area contributed by atoms with Crippen molar-refractivity contribution in [3.63, 3.8) is 0 Å². The van der Waals surface area contributed by atoms with Gasteiger partial charge in [0, 0.05) is 26.2 Å². The molecule has 1 aromatic carbocycles. The molecule has 8 heteroatoms. The molecule has 0 aromatic heterocycles. The molecule has 0 atom stereocenters. The largest absolute Gasteiger partial charge is 0.492 e. The standard InChI is InChI=1S/C20H31N3O3.2ClH/c21-20(7-2-1-3-8-20)19(24)22-16-17-5-4-6-18(15-17)26-14-11-23-9-12-25-13-10-23;;/h4-6,15H,1-3,7-14,16,21H2,(H,22,24);2*1H. The average Bonchev–Trinajstić information content (AvgIpc) is 2.68. The Kier molecular flexibility index (Phi) is 11.2. The summed E-state index contributed by atoms with van der Waals surface area (Å²) >= 11 is 0. The summed E-state index contributed by atoms with van der Waals surface area (Å²) in [6.07, 6.45) is 4.82. The van der Waals surface area contributed by atoms with Crippen LogP contribution in [0, 0.1) is 0 Å². The smallest absolute Gasteiger partial charge is 0.240 e. The van der Waals surface area contributed by atoms with Crippen LogP contribution in [0.15, 0.2) is 24.3 Å². The number of nitrogens with one attached hydrogen (secondary N) is 1. The molecule has 160 valence electrons. The molecule has 28 heavy (non-hydrogen) atoms. The van der Waals surface area contributed by atoms with Gasteiger partial charge in [-0.25, -0.2) is 0 Å². The zero-order chi connectivity index (χ0) is 18.2. The molecular formula is C20H33Cl2N3O3. The Hall–Kier alpha value is -1.05. The summed E-state index contributed by atoms with van der Waals surface area (Å²) < 4.78 is 11.2. The lowest BCUT2D eigenvalue weighted by Gasteiger charge is -2.31. The van der Waals surface area contributed by atoms with Crippen molar-refractivity contribution in [3.05, 3.63) is 29.8 Å². The van der Waals surface area contributed by atoms with E-state index in [9.17, 15) is 4.79 Å². The van der Waals surface area contributed by atoms with Crippen LogP contribution in [0.1, 0.15) is 37.7 Å². The number of halogens is 2. The number of nitrogens with two attached hydrogens (primary N) is 1. The normalized spacial score (nSPS) is 19.0. The fourth-order valence-corrected chi connectivity index (χ4v) is 3.63. The Morgan fingerprint density at radius 3 is 2.61 bits per heavy atom. The van der Waals surface area contributed by atoms with E-state index in [0.29, 0.717) is 13.2 Å². The number of carbonyl (C=O) groups excluding carboxylic acids is 1. The molecule has 2 aliphatic rings. The minimum Gasteiger partial charge on any atom is -0.492 e. The number of carbonyl (C=O) groups is 1. The number of nitrogens with zero attached hydrogens (tertiary/aromatic N) is 1. The van der Waals surface area contributed by atoms with Crippen molar-refractivity contribution < 1.29 is 14.3 Å². The fraction of sp³-hybridized carbons (Fsp3) is 0.650. The first-order chi connectivity index (χ1) is 12.7. The molecule has 1 aromatic rings. The van der Waals surface area contributed by atoms with Crippen molar-refractivity contribution in [2.75, 3.05) is 39.5 Å². The molecule has 3 N–H and O–H groups in total. The van der Waals surface area contributed by atoms with Gasteiger partial charge in [-0.1, -0.05) is 31.4 Å². The van der Waals surface area contributed by atoms with Crippen molar-refractivity contribution in [1.82, 2.24) is 10.2 Å².